The number of nitrogens with one attached hydrogen (secondary N) is 2. The minimum Gasteiger partial charge on any atom is -0.316 e. The topological polar surface area (TPSA) is 61.4 Å². The van der Waals surface area contributed by atoms with Crippen LogP contribution in [0.3, 0.4) is 0 Å². The first-order valence-corrected chi connectivity index (χ1v) is 8.58. The van der Waals surface area contributed by atoms with Crippen LogP contribution in [0.25, 0.3) is 0 Å². The van der Waals surface area contributed by atoms with E-state index in [0.717, 1.165) is 18.7 Å². The predicted molar refractivity (Wildman–Crippen MR) is 82.1 cm³/mol. The Morgan fingerprint density at radius 3 is 2.48 bits per heavy atom. The molecule has 0 radical (unpaired) electrons. The van der Waals surface area contributed by atoms with Gasteiger partial charge in [-0.3, -0.25) is 0 Å². The van der Waals surface area contributed by atoms with Crippen LogP contribution in [0, 0.1) is 5.82 Å². The van der Waals surface area contributed by atoms with Gasteiger partial charge in [-0.2, -0.15) is 0 Å². The Balaban J connectivity index is 2.80. The maximum atomic E-state index is 13.8. The maximum absolute atomic E-state index is 13.8. The van der Waals surface area contributed by atoms with Gasteiger partial charge in [-0.1, -0.05) is 19.9 Å². The summed E-state index contributed by atoms with van der Waals surface area (Å²) >= 11 is 0. The summed E-state index contributed by atoms with van der Waals surface area (Å²) in [6.07, 6.45) is 0. The van der Waals surface area contributed by atoms with Gasteiger partial charge in [0.15, 0.2) is 0 Å². The lowest BCUT2D eigenvalue weighted by molar-refractivity contribution is 0.309. The maximum Gasteiger partial charge on any atom is 0.243 e. The van der Waals surface area contributed by atoms with E-state index in [4.69, 9.17) is 0 Å². The molecule has 0 spiro atoms. The smallest absolute Gasteiger partial charge is 0.243 e. The van der Waals surface area contributed by atoms with Crippen molar-refractivity contribution in [1.29, 1.82) is 0 Å². The molecule has 5 nitrogen and oxygen atoms in total. The van der Waals surface area contributed by atoms with Gasteiger partial charge < -0.3 is 10.2 Å². The number of hydrogen-bond donors (Lipinski definition) is 2. The lowest BCUT2D eigenvalue weighted by atomic mass is 10.2. The normalized spacial score (nSPS) is 12.0. The summed E-state index contributed by atoms with van der Waals surface area (Å²) in [5, 5.41) is 2.91. The fraction of sp³-hybridized carbons (Fsp3) is 0.571. The van der Waals surface area contributed by atoms with Crippen molar-refractivity contribution in [2.45, 2.75) is 25.3 Å². The molecule has 21 heavy (non-hydrogen) atoms. The molecule has 0 fully saturated rings. The fourth-order valence-electron chi connectivity index (χ4n) is 2.02. The van der Waals surface area contributed by atoms with Crippen molar-refractivity contribution in [3.63, 3.8) is 0 Å². The van der Waals surface area contributed by atoms with Crippen LogP contribution in [0.15, 0.2) is 23.1 Å². The summed E-state index contributed by atoms with van der Waals surface area (Å²) in [5.41, 5.74) is 0.725. The highest BCUT2D eigenvalue weighted by Crippen LogP contribution is 2.16. The zero-order valence-corrected chi connectivity index (χ0v) is 13.6. The van der Waals surface area contributed by atoms with Crippen molar-refractivity contribution in [3.05, 3.63) is 29.6 Å². The van der Waals surface area contributed by atoms with E-state index in [-0.39, 0.29) is 11.4 Å². The van der Waals surface area contributed by atoms with Gasteiger partial charge in [-0.25, -0.2) is 17.5 Å². The van der Waals surface area contributed by atoms with E-state index in [1.54, 1.807) is 13.1 Å². The first-order chi connectivity index (χ1) is 9.94. The molecular formula is C14H24FN3O2S. The number of nitrogens with zero attached hydrogens (tertiary/aromatic N) is 1. The standard InChI is InChI=1S/C14H24FN3O2S/c1-4-18(5-2)9-8-17-21(19,20)14-10-12(11-16-3)6-7-13(14)15/h6-7,10,16-17H,4-5,8-9,11H2,1-3H3. The van der Waals surface area contributed by atoms with Gasteiger partial charge in [0.2, 0.25) is 10.0 Å². The van der Waals surface area contributed by atoms with Crippen LogP contribution < -0.4 is 10.0 Å². The van der Waals surface area contributed by atoms with Crippen LogP contribution in [-0.2, 0) is 16.6 Å². The van der Waals surface area contributed by atoms with Crippen molar-refractivity contribution in [1.82, 2.24) is 14.9 Å². The molecule has 0 amide bonds. The summed E-state index contributed by atoms with van der Waals surface area (Å²) in [6.45, 7) is 7.08. The van der Waals surface area contributed by atoms with Gasteiger partial charge in [-0.15, -0.1) is 0 Å². The second-order valence-electron chi connectivity index (χ2n) is 4.72. The third-order valence-corrected chi connectivity index (χ3v) is 4.76. The van der Waals surface area contributed by atoms with Gasteiger partial charge in [0.1, 0.15) is 10.7 Å². The molecule has 1 aromatic carbocycles. The molecule has 0 aliphatic rings. The molecule has 2 N–H and O–H groups in total. The van der Waals surface area contributed by atoms with Crippen LogP contribution in [0.1, 0.15) is 19.4 Å². The molecule has 0 saturated heterocycles. The average Bonchev–Trinajstić information content (AvgIpc) is 2.45. The van der Waals surface area contributed by atoms with Crippen molar-refractivity contribution >= 4 is 10.0 Å². The molecule has 0 saturated carbocycles. The number of rotatable bonds is 9. The zero-order valence-electron chi connectivity index (χ0n) is 12.8. The van der Waals surface area contributed by atoms with Crippen LogP contribution >= 0.6 is 0 Å². The van der Waals surface area contributed by atoms with E-state index in [9.17, 15) is 12.8 Å². The Labute approximate surface area is 126 Å². The van der Waals surface area contributed by atoms with Crippen molar-refractivity contribution < 1.29 is 12.8 Å². The van der Waals surface area contributed by atoms with Crippen molar-refractivity contribution in [3.8, 4) is 0 Å². The molecule has 1 aromatic rings. The fourth-order valence-corrected chi connectivity index (χ4v) is 3.17. The number of sulfonamides is 1. The Morgan fingerprint density at radius 2 is 1.90 bits per heavy atom. The molecule has 0 bridgehead atoms. The van der Waals surface area contributed by atoms with Crippen molar-refractivity contribution in [2.24, 2.45) is 0 Å². The summed E-state index contributed by atoms with van der Waals surface area (Å²) < 4.78 is 40.6. The Bertz CT molecular complexity index is 545. The zero-order chi connectivity index (χ0) is 15.9. The molecule has 0 aromatic heterocycles. The van der Waals surface area contributed by atoms with E-state index in [1.807, 2.05) is 13.8 Å². The lowest BCUT2D eigenvalue weighted by Crippen LogP contribution is -2.35. The van der Waals surface area contributed by atoms with E-state index in [1.165, 1.54) is 12.1 Å². The minimum absolute atomic E-state index is 0.264. The molecule has 0 aliphatic carbocycles. The predicted octanol–water partition coefficient (Wildman–Crippen LogP) is 1.17. The number of halogens is 1. The second-order valence-corrected chi connectivity index (χ2v) is 6.46. The molecule has 120 valence electrons. The highest BCUT2D eigenvalue weighted by molar-refractivity contribution is 7.89. The average molecular weight is 317 g/mol. The van der Waals surface area contributed by atoms with E-state index in [2.05, 4.69) is 14.9 Å². The summed E-state index contributed by atoms with van der Waals surface area (Å²) in [6, 6.07) is 4.12. The number of benzene rings is 1. The van der Waals surface area contributed by atoms with E-state index in [0.29, 0.717) is 13.1 Å². The monoisotopic (exact) mass is 317 g/mol. The molecule has 7 heteroatoms. The SMILES string of the molecule is CCN(CC)CCNS(=O)(=O)c1cc(CNC)ccc1F. The molecule has 0 aliphatic heterocycles. The first kappa shape index (κ1) is 18.0. The van der Waals surface area contributed by atoms with Crippen molar-refractivity contribution in [2.75, 3.05) is 33.2 Å². The third kappa shape index (κ3) is 5.35. The van der Waals surface area contributed by atoms with Crippen LogP contribution in [0.2, 0.25) is 0 Å². The highest BCUT2D eigenvalue weighted by Gasteiger charge is 2.19. The van der Waals surface area contributed by atoms with E-state index >= 15 is 0 Å². The van der Waals surface area contributed by atoms with E-state index < -0.39 is 15.8 Å². The molecule has 1 rings (SSSR count). The van der Waals surface area contributed by atoms with Gasteiger partial charge in [0.25, 0.3) is 0 Å². The third-order valence-electron chi connectivity index (χ3n) is 3.28. The summed E-state index contributed by atoms with van der Waals surface area (Å²) in [7, 11) is -2.07. The summed E-state index contributed by atoms with van der Waals surface area (Å²) in [5.74, 6) is -0.731. The summed E-state index contributed by atoms with van der Waals surface area (Å²) in [4.78, 5) is 1.80. The minimum atomic E-state index is -3.82. The molecule has 0 atom stereocenters. The van der Waals surface area contributed by atoms with Crippen LogP contribution in [0.4, 0.5) is 4.39 Å². The van der Waals surface area contributed by atoms with Gasteiger partial charge in [0.05, 0.1) is 0 Å². The molecular weight excluding hydrogens is 293 g/mol. The van der Waals surface area contributed by atoms with Gasteiger partial charge in [0, 0.05) is 19.6 Å². The first-order valence-electron chi connectivity index (χ1n) is 7.09. The Kier molecular flexibility index (Phi) is 7.24. The highest BCUT2D eigenvalue weighted by atomic mass is 32.2. The second kappa shape index (κ2) is 8.43. The van der Waals surface area contributed by atoms with Crippen LogP contribution in [0.5, 0.6) is 0 Å². The van der Waals surface area contributed by atoms with Crippen LogP contribution in [-0.4, -0.2) is 46.5 Å². The quantitative estimate of drug-likeness (QED) is 0.718. The largest absolute Gasteiger partial charge is 0.316 e. The molecule has 0 unspecified atom stereocenters. The Hall–Kier alpha value is -1.02. The molecule has 0 heterocycles. The number of hydrogen-bond acceptors (Lipinski definition) is 4. The lowest BCUT2D eigenvalue weighted by Gasteiger charge is -2.18. The van der Waals surface area contributed by atoms with Gasteiger partial charge in [-0.05, 0) is 37.8 Å². The van der Waals surface area contributed by atoms with Gasteiger partial charge >= 0.3 is 0 Å². The Morgan fingerprint density at radius 1 is 1.24 bits per heavy atom. The number of likely N-dealkylation sites (N-methyl/N-ethyl adjacent to an activating group) is 1.